The fraction of sp³-hybridized carbons (Fsp3) is 0.0556. The number of hydrogen-bond donors (Lipinski definition) is 2. The second-order valence-electron chi connectivity index (χ2n) is 4.56. The lowest BCUT2D eigenvalue weighted by Crippen LogP contribution is -1.90. The summed E-state index contributed by atoms with van der Waals surface area (Å²) in [5.41, 5.74) is 1.28. The number of ether oxygens (including phenoxy) is 1. The first kappa shape index (κ1) is 15.4. The van der Waals surface area contributed by atoms with Crippen molar-refractivity contribution in [2.75, 3.05) is 7.11 Å². The monoisotopic (exact) mass is 296 g/mol. The first-order chi connectivity index (χ1) is 10.6. The minimum Gasteiger partial charge on any atom is -0.507 e. The van der Waals surface area contributed by atoms with Gasteiger partial charge >= 0.3 is 0 Å². The van der Waals surface area contributed by atoms with Crippen LogP contribution >= 0.6 is 0 Å². The number of allylic oxidation sites excluding steroid dienone is 2. The molecule has 0 fully saturated rings. The van der Waals surface area contributed by atoms with Gasteiger partial charge in [0.1, 0.15) is 5.76 Å². The van der Waals surface area contributed by atoms with Crippen molar-refractivity contribution in [3.8, 4) is 11.5 Å². The standard InChI is InChI=1S/C18H16O4/c1-22-18-11-13(8-10-16(18)20)7-9-15(19)12-17(21)14-5-3-2-4-6-14/h2-12,20-21H,1H3/b9-7+,17-12-. The summed E-state index contributed by atoms with van der Waals surface area (Å²) in [5.74, 6) is -0.0585. The molecule has 2 N–H and O–H groups in total. The van der Waals surface area contributed by atoms with Crippen LogP contribution in [0.5, 0.6) is 11.5 Å². The van der Waals surface area contributed by atoms with Crippen LogP contribution in [0.15, 0.2) is 60.7 Å². The summed E-state index contributed by atoms with van der Waals surface area (Å²) >= 11 is 0. The normalized spacial score (nSPS) is 11.6. The molecule has 0 aliphatic heterocycles. The van der Waals surface area contributed by atoms with Crippen molar-refractivity contribution in [1.29, 1.82) is 0 Å². The highest BCUT2D eigenvalue weighted by atomic mass is 16.5. The Morgan fingerprint density at radius 2 is 1.86 bits per heavy atom. The zero-order valence-corrected chi connectivity index (χ0v) is 12.1. The van der Waals surface area contributed by atoms with Crippen LogP contribution in [0.25, 0.3) is 11.8 Å². The number of aliphatic hydroxyl groups is 1. The number of ketones is 1. The van der Waals surface area contributed by atoms with Crippen LogP contribution in [0.2, 0.25) is 0 Å². The van der Waals surface area contributed by atoms with Crippen molar-refractivity contribution in [2.24, 2.45) is 0 Å². The quantitative estimate of drug-likeness (QED) is 0.653. The first-order valence-corrected chi connectivity index (χ1v) is 6.65. The number of aromatic hydroxyl groups is 1. The first-order valence-electron chi connectivity index (χ1n) is 6.65. The molecule has 0 heterocycles. The van der Waals surface area contributed by atoms with Crippen LogP contribution in [0, 0.1) is 0 Å². The largest absolute Gasteiger partial charge is 0.507 e. The van der Waals surface area contributed by atoms with Gasteiger partial charge in [-0.15, -0.1) is 0 Å². The molecule has 2 aromatic rings. The van der Waals surface area contributed by atoms with Crippen molar-refractivity contribution >= 4 is 17.6 Å². The van der Waals surface area contributed by atoms with Gasteiger partial charge in [0, 0.05) is 11.6 Å². The molecular formula is C18H16O4. The van der Waals surface area contributed by atoms with Gasteiger partial charge in [-0.05, 0) is 23.8 Å². The fourth-order valence-corrected chi connectivity index (χ4v) is 1.85. The predicted molar refractivity (Wildman–Crippen MR) is 85.7 cm³/mol. The molecule has 0 aromatic heterocycles. The van der Waals surface area contributed by atoms with Crippen molar-refractivity contribution in [3.63, 3.8) is 0 Å². The van der Waals surface area contributed by atoms with E-state index in [1.54, 1.807) is 42.5 Å². The van der Waals surface area contributed by atoms with Gasteiger partial charge < -0.3 is 14.9 Å². The summed E-state index contributed by atoms with van der Waals surface area (Å²) < 4.78 is 4.99. The molecule has 0 spiro atoms. The molecule has 22 heavy (non-hydrogen) atoms. The Hall–Kier alpha value is -3.01. The van der Waals surface area contributed by atoms with Gasteiger partial charge in [-0.1, -0.05) is 42.5 Å². The molecule has 0 aliphatic carbocycles. The molecule has 4 nitrogen and oxygen atoms in total. The van der Waals surface area contributed by atoms with Crippen LogP contribution in [0.4, 0.5) is 0 Å². The number of aliphatic hydroxyl groups excluding tert-OH is 1. The molecule has 4 heteroatoms. The summed E-state index contributed by atoms with van der Waals surface area (Å²) in [6.45, 7) is 0. The summed E-state index contributed by atoms with van der Waals surface area (Å²) in [5, 5.41) is 19.4. The van der Waals surface area contributed by atoms with Crippen LogP contribution in [-0.2, 0) is 4.79 Å². The Morgan fingerprint density at radius 3 is 2.55 bits per heavy atom. The minimum atomic E-state index is -0.339. The predicted octanol–water partition coefficient (Wildman–Crippen LogP) is 3.58. The number of carbonyl (C=O) groups is 1. The number of benzene rings is 2. The second kappa shape index (κ2) is 7.13. The van der Waals surface area contributed by atoms with Crippen molar-refractivity contribution in [3.05, 3.63) is 71.8 Å². The van der Waals surface area contributed by atoms with Crippen molar-refractivity contribution < 1.29 is 19.7 Å². The van der Waals surface area contributed by atoms with E-state index in [1.807, 2.05) is 6.07 Å². The summed E-state index contributed by atoms with van der Waals surface area (Å²) in [4.78, 5) is 11.8. The van der Waals surface area contributed by atoms with Crippen molar-refractivity contribution in [1.82, 2.24) is 0 Å². The van der Waals surface area contributed by atoms with E-state index in [2.05, 4.69) is 0 Å². The van der Waals surface area contributed by atoms with Crippen LogP contribution in [0.1, 0.15) is 11.1 Å². The maximum absolute atomic E-state index is 11.8. The summed E-state index contributed by atoms with van der Waals surface area (Å²) in [7, 11) is 1.45. The third-order valence-electron chi connectivity index (χ3n) is 2.99. The van der Waals surface area contributed by atoms with Gasteiger partial charge in [-0.25, -0.2) is 0 Å². The van der Waals surface area contributed by atoms with Crippen LogP contribution in [0.3, 0.4) is 0 Å². The van der Waals surface area contributed by atoms with E-state index in [4.69, 9.17) is 4.74 Å². The van der Waals surface area contributed by atoms with Crippen molar-refractivity contribution in [2.45, 2.75) is 0 Å². The molecule has 0 saturated carbocycles. The smallest absolute Gasteiger partial charge is 0.182 e. The number of carbonyl (C=O) groups excluding carboxylic acids is 1. The number of phenolic OH excluding ortho intramolecular Hbond substituents is 1. The van der Waals surface area contributed by atoms with E-state index in [0.717, 1.165) is 6.08 Å². The number of phenols is 1. The lowest BCUT2D eigenvalue weighted by molar-refractivity contribution is -0.110. The zero-order chi connectivity index (χ0) is 15.9. The van der Waals surface area contributed by atoms with Gasteiger partial charge in [0.2, 0.25) is 0 Å². The van der Waals surface area contributed by atoms with Gasteiger partial charge in [0.05, 0.1) is 7.11 Å². The Balaban J connectivity index is 2.11. The van der Waals surface area contributed by atoms with Gasteiger partial charge in [-0.2, -0.15) is 0 Å². The molecule has 0 atom stereocenters. The van der Waals surface area contributed by atoms with E-state index in [1.165, 1.54) is 19.3 Å². The third-order valence-corrected chi connectivity index (χ3v) is 2.99. The molecule has 2 rings (SSSR count). The van der Waals surface area contributed by atoms with E-state index < -0.39 is 0 Å². The molecule has 0 bridgehead atoms. The Labute approximate surface area is 128 Å². The topological polar surface area (TPSA) is 66.8 Å². The molecule has 0 radical (unpaired) electrons. The Bertz CT molecular complexity index is 715. The highest BCUT2D eigenvalue weighted by Gasteiger charge is 2.02. The summed E-state index contributed by atoms with van der Waals surface area (Å²) in [6.07, 6.45) is 4.08. The van der Waals surface area contributed by atoms with E-state index >= 15 is 0 Å². The lowest BCUT2D eigenvalue weighted by Gasteiger charge is -2.03. The van der Waals surface area contributed by atoms with Crippen LogP contribution in [-0.4, -0.2) is 23.1 Å². The van der Waals surface area contributed by atoms with E-state index in [9.17, 15) is 15.0 Å². The van der Waals surface area contributed by atoms with E-state index in [-0.39, 0.29) is 17.3 Å². The average molecular weight is 296 g/mol. The molecule has 0 amide bonds. The Kier molecular flexibility index (Phi) is 4.98. The molecular weight excluding hydrogens is 280 g/mol. The minimum absolute atomic E-state index is 0.0348. The highest BCUT2D eigenvalue weighted by molar-refractivity contribution is 6.05. The van der Waals surface area contributed by atoms with Gasteiger partial charge in [0.25, 0.3) is 0 Å². The Morgan fingerprint density at radius 1 is 1.14 bits per heavy atom. The second-order valence-corrected chi connectivity index (χ2v) is 4.56. The van der Waals surface area contributed by atoms with E-state index in [0.29, 0.717) is 16.9 Å². The molecule has 112 valence electrons. The maximum Gasteiger partial charge on any atom is 0.182 e. The number of hydrogen-bond acceptors (Lipinski definition) is 4. The highest BCUT2D eigenvalue weighted by Crippen LogP contribution is 2.26. The molecule has 2 aromatic carbocycles. The number of rotatable bonds is 5. The molecule has 0 saturated heterocycles. The third kappa shape index (κ3) is 3.99. The van der Waals surface area contributed by atoms with Crippen LogP contribution < -0.4 is 4.74 Å². The molecule has 0 unspecified atom stereocenters. The average Bonchev–Trinajstić information content (AvgIpc) is 2.55. The molecule has 0 aliphatic rings. The SMILES string of the molecule is COc1cc(/C=C/C(=O)/C=C(\O)c2ccccc2)ccc1O. The fourth-order valence-electron chi connectivity index (χ4n) is 1.85. The number of methoxy groups -OCH3 is 1. The lowest BCUT2D eigenvalue weighted by atomic mass is 10.1. The van der Waals surface area contributed by atoms with Gasteiger partial charge in [0.15, 0.2) is 17.3 Å². The van der Waals surface area contributed by atoms with Gasteiger partial charge in [-0.3, -0.25) is 4.79 Å². The maximum atomic E-state index is 11.8. The zero-order valence-electron chi connectivity index (χ0n) is 12.1. The summed E-state index contributed by atoms with van der Waals surface area (Å²) in [6, 6.07) is 13.6.